The molecule has 0 aliphatic carbocycles. The molecule has 2 atom stereocenters. The molecule has 5 heteroatoms. The summed E-state index contributed by atoms with van der Waals surface area (Å²) < 4.78 is 0. The first kappa shape index (κ1) is 15.4. The Bertz CT molecular complexity index is 450. The number of piperidine rings is 1. The van der Waals surface area contributed by atoms with Gasteiger partial charge in [0.15, 0.2) is 0 Å². The van der Waals surface area contributed by atoms with E-state index in [-0.39, 0.29) is 12.6 Å². The molecule has 2 unspecified atom stereocenters. The minimum absolute atomic E-state index is 0.160. The summed E-state index contributed by atoms with van der Waals surface area (Å²) in [5.74, 6) is 0. The quantitative estimate of drug-likeness (QED) is 0.712. The SMILES string of the molecule is NC(=S)c1ccc(C(O)CN2CCCCC2CO)cc1. The van der Waals surface area contributed by atoms with E-state index in [1.165, 1.54) is 0 Å². The molecule has 0 amide bonds. The maximum absolute atomic E-state index is 10.3. The summed E-state index contributed by atoms with van der Waals surface area (Å²) >= 11 is 4.91. The Morgan fingerprint density at radius 2 is 2.05 bits per heavy atom. The molecule has 0 radical (unpaired) electrons. The molecule has 1 aromatic carbocycles. The lowest BCUT2D eigenvalue weighted by Gasteiger charge is -2.35. The number of nitrogens with zero attached hydrogens (tertiary/aromatic N) is 1. The molecule has 110 valence electrons. The van der Waals surface area contributed by atoms with Gasteiger partial charge in [-0.3, -0.25) is 4.90 Å². The first-order valence-corrected chi connectivity index (χ1v) is 7.45. The molecule has 1 aromatic rings. The fourth-order valence-corrected chi connectivity index (χ4v) is 2.84. The number of hydrogen-bond donors (Lipinski definition) is 3. The van der Waals surface area contributed by atoms with Crippen LogP contribution in [0.3, 0.4) is 0 Å². The number of aliphatic hydroxyl groups excluding tert-OH is 2. The fourth-order valence-electron chi connectivity index (χ4n) is 2.70. The molecule has 1 aliphatic rings. The van der Waals surface area contributed by atoms with Gasteiger partial charge in [0.2, 0.25) is 0 Å². The van der Waals surface area contributed by atoms with E-state index >= 15 is 0 Å². The van der Waals surface area contributed by atoms with Gasteiger partial charge in [0.1, 0.15) is 4.99 Å². The van der Waals surface area contributed by atoms with Gasteiger partial charge in [-0.25, -0.2) is 0 Å². The van der Waals surface area contributed by atoms with Crippen molar-refractivity contribution in [3.8, 4) is 0 Å². The molecule has 1 saturated heterocycles. The number of thiocarbonyl (C=S) groups is 1. The Balaban J connectivity index is 1.99. The molecule has 4 nitrogen and oxygen atoms in total. The number of β-amino-alcohol motifs (C(OH)–C–C–N with tert-alkyl or cyclic N) is 1. The van der Waals surface area contributed by atoms with Gasteiger partial charge in [-0.05, 0) is 24.9 Å². The lowest BCUT2D eigenvalue weighted by Crippen LogP contribution is -2.43. The number of rotatable bonds is 5. The minimum atomic E-state index is -0.553. The van der Waals surface area contributed by atoms with Crippen molar-refractivity contribution in [2.75, 3.05) is 19.7 Å². The highest BCUT2D eigenvalue weighted by Gasteiger charge is 2.24. The van der Waals surface area contributed by atoms with E-state index in [2.05, 4.69) is 4.90 Å². The van der Waals surface area contributed by atoms with Crippen molar-refractivity contribution in [2.45, 2.75) is 31.4 Å². The maximum atomic E-state index is 10.3. The van der Waals surface area contributed by atoms with Gasteiger partial charge in [0, 0.05) is 18.2 Å². The zero-order valence-corrected chi connectivity index (χ0v) is 12.4. The van der Waals surface area contributed by atoms with Crippen molar-refractivity contribution in [2.24, 2.45) is 5.73 Å². The van der Waals surface area contributed by atoms with Crippen LogP contribution in [0.25, 0.3) is 0 Å². The molecule has 1 fully saturated rings. The van der Waals surface area contributed by atoms with Crippen molar-refractivity contribution in [1.29, 1.82) is 0 Å². The summed E-state index contributed by atoms with van der Waals surface area (Å²) in [5, 5.41) is 19.7. The van der Waals surface area contributed by atoms with Crippen LogP contribution in [0.5, 0.6) is 0 Å². The molecular weight excluding hydrogens is 272 g/mol. The zero-order chi connectivity index (χ0) is 14.5. The van der Waals surface area contributed by atoms with Crippen LogP contribution in [0.15, 0.2) is 24.3 Å². The Morgan fingerprint density at radius 1 is 1.35 bits per heavy atom. The van der Waals surface area contributed by atoms with Gasteiger partial charge in [0.05, 0.1) is 12.7 Å². The molecule has 0 bridgehead atoms. The summed E-state index contributed by atoms with van der Waals surface area (Å²) in [4.78, 5) is 2.54. The second-order valence-electron chi connectivity index (χ2n) is 5.33. The second-order valence-corrected chi connectivity index (χ2v) is 5.77. The van der Waals surface area contributed by atoms with Gasteiger partial charge in [-0.2, -0.15) is 0 Å². The summed E-state index contributed by atoms with van der Waals surface area (Å²) in [5.41, 5.74) is 7.22. The van der Waals surface area contributed by atoms with Crippen LogP contribution < -0.4 is 5.73 Å². The fraction of sp³-hybridized carbons (Fsp3) is 0.533. The average Bonchev–Trinajstić information content (AvgIpc) is 2.48. The molecule has 2 rings (SSSR count). The van der Waals surface area contributed by atoms with Crippen LogP contribution in [0.4, 0.5) is 0 Å². The third kappa shape index (κ3) is 3.76. The van der Waals surface area contributed by atoms with Gasteiger partial charge in [0.25, 0.3) is 0 Å². The van der Waals surface area contributed by atoms with E-state index < -0.39 is 6.10 Å². The van der Waals surface area contributed by atoms with Crippen molar-refractivity contribution in [1.82, 2.24) is 4.90 Å². The standard InChI is InChI=1S/C15H22N2O2S/c16-15(20)12-6-4-11(5-7-12)14(19)9-17-8-2-1-3-13(17)10-18/h4-7,13-14,18-19H,1-3,8-10H2,(H2,16,20). The Morgan fingerprint density at radius 3 is 2.65 bits per heavy atom. The first-order chi connectivity index (χ1) is 9.61. The molecular formula is C15H22N2O2S. The van der Waals surface area contributed by atoms with E-state index in [9.17, 15) is 10.2 Å². The number of likely N-dealkylation sites (tertiary alicyclic amines) is 1. The van der Waals surface area contributed by atoms with Crippen molar-refractivity contribution >= 4 is 17.2 Å². The minimum Gasteiger partial charge on any atom is -0.395 e. The van der Waals surface area contributed by atoms with E-state index in [4.69, 9.17) is 18.0 Å². The number of nitrogens with two attached hydrogens (primary N) is 1. The van der Waals surface area contributed by atoms with Gasteiger partial charge in [-0.1, -0.05) is 42.9 Å². The predicted molar refractivity (Wildman–Crippen MR) is 83.6 cm³/mol. The zero-order valence-electron chi connectivity index (χ0n) is 11.5. The molecule has 0 spiro atoms. The smallest absolute Gasteiger partial charge is 0.103 e. The van der Waals surface area contributed by atoms with Crippen LogP contribution in [0.1, 0.15) is 36.5 Å². The van der Waals surface area contributed by atoms with Crippen LogP contribution in [-0.4, -0.2) is 45.8 Å². The highest BCUT2D eigenvalue weighted by atomic mass is 32.1. The van der Waals surface area contributed by atoms with E-state index in [1.54, 1.807) is 0 Å². The van der Waals surface area contributed by atoms with Crippen molar-refractivity contribution in [3.05, 3.63) is 35.4 Å². The normalized spacial score (nSPS) is 21.6. The lowest BCUT2D eigenvalue weighted by molar-refractivity contribution is 0.0417. The molecule has 0 saturated carbocycles. The van der Waals surface area contributed by atoms with Gasteiger partial charge in [-0.15, -0.1) is 0 Å². The monoisotopic (exact) mass is 294 g/mol. The van der Waals surface area contributed by atoms with Gasteiger partial charge < -0.3 is 15.9 Å². The van der Waals surface area contributed by atoms with E-state index in [1.807, 2.05) is 24.3 Å². The Kier molecular flexibility index (Phi) is 5.48. The average molecular weight is 294 g/mol. The first-order valence-electron chi connectivity index (χ1n) is 7.04. The maximum Gasteiger partial charge on any atom is 0.103 e. The van der Waals surface area contributed by atoms with Crippen LogP contribution in [0, 0.1) is 0 Å². The predicted octanol–water partition coefficient (Wildman–Crippen LogP) is 1.20. The molecule has 20 heavy (non-hydrogen) atoms. The van der Waals surface area contributed by atoms with E-state index in [0.717, 1.165) is 36.9 Å². The third-order valence-electron chi connectivity index (χ3n) is 3.95. The molecule has 4 N–H and O–H groups in total. The third-order valence-corrected chi connectivity index (χ3v) is 4.18. The topological polar surface area (TPSA) is 69.7 Å². The van der Waals surface area contributed by atoms with Crippen LogP contribution in [-0.2, 0) is 0 Å². The van der Waals surface area contributed by atoms with Gasteiger partial charge >= 0.3 is 0 Å². The van der Waals surface area contributed by atoms with Crippen LogP contribution >= 0.6 is 12.2 Å². The Hall–Kier alpha value is -1.01. The molecule has 0 aromatic heterocycles. The summed E-state index contributed by atoms with van der Waals surface area (Å²) in [6.07, 6.45) is 2.73. The lowest BCUT2D eigenvalue weighted by atomic mass is 10.0. The molecule has 1 aliphatic heterocycles. The Labute approximate surface area is 125 Å². The largest absolute Gasteiger partial charge is 0.395 e. The highest BCUT2D eigenvalue weighted by molar-refractivity contribution is 7.80. The number of hydrogen-bond acceptors (Lipinski definition) is 4. The van der Waals surface area contributed by atoms with Crippen molar-refractivity contribution in [3.63, 3.8) is 0 Å². The van der Waals surface area contributed by atoms with Crippen molar-refractivity contribution < 1.29 is 10.2 Å². The number of benzene rings is 1. The van der Waals surface area contributed by atoms with E-state index in [0.29, 0.717) is 11.5 Å². The van der Waals surface area contributed by atoms with Crippen LogP contribution in [0.2, 0.25) is 0 Å². The molecule has 1 heterocycles. The number of aliphatic hydroxyl groups is 2. The summed E-state index contributed by atoms with van der Waals surface area (Å²) in [7, 11) is 0. The second kappa shape index (κ2) is 7.13. The summed E-state index contributed by atoms with van der Waals surface area (Å²) in [6.45, 7) is 1.65. The summed E-state index contributed by atoms with van der Waals surface area (Å²) in [6, 6.07) is 7.56. The highest BCUT2D eigenvalue weighted by Crippen LogP contribution is 2.21.